The maximum Gasteiger partial charge on any atom is 0.143 e. The topological polar surface area (TPSA) is 21.3 Å². The van der Waals surface area contributed by atoms with Gasteiger partial charge in [-0.05, 0) is 94.0 Å². The van der Waals surface area contributed by atoms with Crippen LogP contribution in [0.25, 0.3) is 93.9 Å². The summed E-state index contributed by atoms with van der Waals surface area (Å²) in [6, 6.07) is 86.9. The summed E-state index contributed by atoms with van der Waals surface area (Å²) < 4.78 is 9.04. The van der Waals surface area contributed by atoms with Gasteiger partial charge in [0.2, 0.25) is 0 Å². The Kier molecular flexibility index (Phi) is 8.83. The molecule has 0 aliphatic rings. The third-order valence-corrected chi connectivity index (χ3v) is 12.4. The number of para-hydroxylation sites is 4. The van der Waals surface area contributed by atoms with Crippen molar-refractivity contribution in [3.8, 4) is 50.2 Å². The van der Waals surface area contributed by atoms with Crippen LogP contribution in [0.1, 0.15) is 0 Å². The molecule has 0 aliphatic carbocycles. The molecule has 0 bridgehead atoms. The number of nitrogens with zero attached hydrogens (tertiary/aromatic N) is 2. The highest BCUT2D eigenvalue weighted by molar-refractivity contribution is 6.15. The van der Waals surface area contributed by atoms with Gasteiger partial charge in [-0.3, -0.25) is 0 Å². The number of anilines is 3. The zero-order valence-corrected chi connectivity index (χ0v) is 34.4. The van der Waals surface area contributed by atoms with Crippen LogP contribution in [0.3, 0.4) is 0 Å². The molecule has 2 aromatic heterocycles. The third-order valence-electron chi connectivity index (χ3n) is 12.4. The van der Waals surface area contributed by atoms with Crippen molar-refractivity contribution in [3.05, 3.63) is 243 Å². The maximum absolute atomic E-state index is 6.68. The number of rotatable bonds is 8. The number of fused-ring (bicyclic) bond motifs is 6. The van der Waals surface area contributed by atoms with E-state index in [1.54, 1.807) is 0 Å². The quantitative estimate of drug-likeness (QED) is 0.153. The maximum atomic E-state index is 6.68. The Morgan fingerprint density at radius 2 is 0.857 bits per heavy atom. The molecule has 12 rings (SSSR count). The molecule has 3 nitrogen and oxygen atoms in total. The molecule has 2 heterocycles. The second kappa shape index (κ2) is 15.3. The van der Waals surface area contributed by atoms with Crippen LogP contribution in [-0.2, 0) is 0 Å². The molecule has 0 spiro atoms. The van der Waals surface area contributed by atoms with Gasteiger partial charge < -0.3 is 13.9 Å². The van der Waals surface area contributed by atoms with E-state index in [4.69, 9.17) is 4.42 Å². The lowest BCUT2D eigenvalue weighted by atomic mass is 9.96. The summed E-state index contributed by atoms with van der Waals surface area (Å²) in [5.74, 6) is 0. The van der Waals surface area contributed by atoms with Crippen LogP contribution in [0, 0.1) is 0 Å². The smallest absolute Gasteiger partial charge is 0.143 e. The van der Waals surface area contributed by atoms with Crippen LogP contribution in [0.4, 0.5) is 17.1 Å². The van der Waals surface area contributed by atoms with E-state index in [1.807, 2.05) is 0 Å². The molecule has 0 saturated carbocycles. The Bertz CT molecular complexity index is 3550. The summed E-state index contributed by atoms with van der Waals surface area (Å²) in [6.45, 7) is 0. The van der Waals surface area contributed by atoms with Crippen molar-refractivity contribution < 1.29 is 4.42 Å². The average Bonchev–Trinajstić information content (AvgIpc) is 3.92. The molecule has 10 aromatic carbocycles. The lowest BCUT2D eigenvalue weighted by Crippen LogP contribution is -2.11. The second-order valence-electron chi connectivity index (χ2n) is 16.1. The zero-order valence-electron chi connectivity index (χ0n) is 34.4. The second-order valence-corrected chi connectivity index (χ2v) is 16.1. The van der Waals surface area contributed by atoms with Gasteiger partial charge in [-0.2, -0.15) is 0 Å². The van der Waals surface area contributed by atoms with Crippen molar-refractivity contribution in [2.45, 2.75) is 0 Å². The number of hydrogen-bond acceptors (Lipinski definition) is 2. The monoisotopic (exact) mass is 804 g/mol. The molecule has 12 aromatic rings. The molecular weight excluding hydrogens is 765 g/mol. The average molecular weight is 805 g/mol. The first-order valence-electron chi connectivity index (χ1n) is 21.5. The molecule has 0 saturated heterocycles. The van der Waals surface area contributed by atoms with Gasteiger partial charge in [0.05, 0.1) is 16.7 Å². The molecule has 0 fully saturated rings. The molecule has 0 atom stereocenters. The lowest BCUT2D eigenvalue weighted by molar-refractivity contribution is 0.670. The van der Waals surface area contributed by atoms with Crippen molar-refractivity contribution >= 4 is 60.8 Å². The van der Waals surface area contributed by atoms with E-state index in [9.17, 15) is 0 Å². The van der Waals surface area contributed by atoms with E-state index in [-0.39, 0.29) is 0 Å². The van der Waals surface area contributed by atoms with Crippen molar-refractivity contribution in [3.63, 3.8) is 0 Å². The standard InChI is InChI=1S/C60H40N2O/c1-3-16-43(17-4-1)49-22-7-10-28-55(49)61(46-36-32-41(33-37-46)42-34-38-47(39-35-42)62-56-29-11-8-23-52(56)53-24-9-12-30-57(53)62)48-21-13-20-45(40-48)50-25-15-31-58-59(50)54-27-14-26-51(60(54)63-58)44-18-5-2-6-19-44/h1-40H. The minimum absolute atomic E-state index is 0.876. The normalized spacial score (nSPS) is 11.5. The van der Waals surface area contributed by atoms with Crippen molar-refractivity contribution in [1.29, 1.82) is 0 Å². The molecule has 0 amide bonds. The highest BCUT2D eigenvalue weighted by atomic mass is 16.3. The molecule has 0 aliphatic heterocycles. The van der Waals surface area contributed by atoms with Crippen LogP contribution < -0.4 is 4.90 Å². The SMILES string of the molecule is c1ccc(-c2ccccc2N(c2ccc(-c3ccc(-n4c5ccccc5c5ccccc54)cc3)cc2)c2cccc(-c3cccc4oc5c(-c6ccccc6)cccc5c34)c2)cc1. The fraction of sp³-hybridized carbons (Fsp3) is 0. The fourth-order valence-electron chi connectivity index (χ4n) is 9.51. The Labute approximate surface area is 366 Å². The summed E-state index contributed by atoms with van der Waals surface area (Å²) >= 11 is 0. The van der Waals surface area contributed by atoms with Gasteiger partial charge in [-0.1, -0.05) is 182 Å². The lowest BCUT2D eigenvalue weighted by Gasteiger charge is -2.28. The van der Waals surface area contributed by atoms with Crippen LogP contribution >= 0.6 is 0 Å². The Hall–Kier alpha value is -8.40. The number of hydrogen-bond donors (Lipinski definition) is 0. The zero-order chi connectivity index (χ0) is 41.7. The minimum atomic E-state index is 0.876. The predicted molar refractivity (Wildman–Crippen MR) is 264 cm³/mol. The first-order valence-corrected chi connectivity index (χ1v) is 21.5. The molecule has 0 radical (unpaired) electrons. The largest absolute Gasteiger partial charge is 0.455 e. The van der Waals surface area contributed by atoms with E-state index in [0.29, 0.717) is 0 Å². The van der Waals surface area contributed by atoms with Gasteiger partial charge in [0, 0.05) is 49.7 Å². The van der Waals surface area contributed by atoms with Gasteiger partial charge in [0.1, 0.15) is 11.2 Å². The molecule has 296 valence electrons. The van der Waals surface area contributed by atoms with E-state index in [1.165, 1.54) is 27.4 Å². The summed E-state index contributed by atoms with van der Waals surface area (Å²) in [4.78, 5) is 2.39. The Morgan fingerprint density at radius 3 is 1.57 bits per heavy atom. The van der Waals surface area contributed by atoms with Gasteiger partial charge in [-0.15, -0.1) is 0 Å². The van der Waals surface area contributed by atoms with Gasteiger partial charge >= 0.3 is 0 Å². The molecule has 0 unspecified atom stereocenters. The van der Waals surface area contributed by atoms with Gasteiger partial charge in [-0.25, -0.2) is 0 Å². The Balaban J connectivity index is 0.958. The third kappa shape index (κ3) is 6.29. The molecular formula is C60H40N2O. The van der Waals surface area contributed by atoms with E-state index >= 15 is 0 Å². The number of aromatic nitrogens is 1. The van der Waals surface area contributed by atoms with E-state index in [2.05, 4.69) is 252 Å². The molecule has 63 heavy (non-hydrogen) atoms. The minimum Gasteiger partial charge on any atom is -0.455 e. The fourth-order valence-corrected chi connectivity index (χ4v) is 9.51. The van der Waals surface area contributed by atoms with Crippen molar-refractivity contribution in [2.75, 3.05) is 4.90 Å². The van der Waals surface area contributed by atoms with Crippen LogP contribution in [0.5, 0.6) is 0 Å². The first kappa shape index (κ1) is 36.5. The highest BCUT2D eigenvalue weighted by Gasteiger charge is 2.20. The van der Waals surface area contributed by atoms with Crippen LogP contribution in [0.2, 0.25) is 0 Å². The summed E-state index contributed by atoms with van der Waals surface area (Å²) in [7, 11) is 0. The van der Waals surface area contributed by atoms with E-state index in [0.717, 1.165) is 83.6 Å². The first-order chi connectivity index (χ1) is 31.3. The highest BCUT2D eigenvalue weighted by Crippen LogP contribution is 2.45. The molecule has 3 heteroatoms. The van der Waals surface area contributed by atoms with Crippen LogP contribution in [-0.4, -0.2) is 4.57 Å². The van der Waals surface area contributed by atoms with Crippen molar-refractivity contribution in [1.82, 2.24) is 4.57 Å². The van der Waals surface area contributed by atoms with Crippen LogP contribution in [0.15, 0.2) is 247 Å². The number of furan rings is 1. The molecule has 0 N–H and O–H groups in total. The predicted octanol–water partition coefficient (Wildman–Crippen LogP) is 16.8. The Morgan fingerprint density at radius 1 is 0.333 bits per heavy atom. The van der Waals surface area contributed by atoms with Gasteiger partial charge in [0.25, 0.3) is 0 Å². The summed E-state index contributed by atoms with van der Waals surface area (Å²) in [6.07, 6.45) is 0. The van der Waals surface area contributed by atoms with E-state index < -0.39 is 0 Å². The van der Waals surface area contributed by atoms with Crippen molar-refractivity contribution in [2.24, 2.45) is 0 Å². The summed E-state index contributed by atoms with van der Waals surface area (Å²) in [5.41, 5.74) is 17.7. The summed E-state index contributed by atoms with van der Waals surface area (Å²) in [5, 5.41) is 4.76. The number of benzene rings is 10. The van der Waals surface area contributed by atoms with Gasteiger partial charge in [0.15, 0.2) is 0 Å².